The minimum absolute atomic E-state index is 0.287. The molecule has 0 saturated heterocycles. The molecule has 90 valence electrons. The van der Waals surface area contributed by atoms with Crippen molar-refractivity contribution in [2.75, 3.05) is 7.11 Å². The van der Waals surface area contributed by atoms with Gasteiger partial charge in [0.1, 0.15) is 7.11 Å². The van der Waals surface area contributed by atoms with Crippen LogP contribution in [0.5, 0.6) is 0 Å². The van der Waals surface area contributed by atoms with Crippen LogP contribution in [-0.4, -0.2) is 27.3 Å². The first-order valence-corrected chi connectivity index (χ1v) is 6.04. The van der Waals surface area contributed by atoms with Crippen LogP contribution in [0.3, 0.4) is 0 Å². The highest BCUT2D eigenvalue weighted by molar-refractivity contribution is 7.84. The van der Waals surface area contributed by atoms with Crippen molar-refractivity contribution in [3.05, 3.63) is 0 Å². The predicted octanol–water partition coefficient (Wildman–Crippen LogP) is 1.84. The summed E-state index contributed by atoms with van der Waals surface area (Å²) in [6.45, 7) is 11.5. The summed E-state index contributed by atoms with van der Waals surface area (Å²) >= 11 is 0. The van der Waals surface area contributed by atoms with Gasteiger partial charge in [-0.25, -0.2) is 8.93 Å². The van der Waals surface area contributed by atoms with E-state index in [9.17, 15) is 4.21 Å². The monoisotopic (exact) mass is 234 g/mol. The molecule has 15 heavy (non-hydrogen) atoms. The number of oxime groups is 1. The molecule has 0 aromatic rings. The Hall–Kier alpha value is -0.420. The third kappa shape index (κ3) is 4.75. The van der Waals surface area contributed by atoms with E-state index in [-0.39, 0.29) is 4.75 Å². The van der Waals surface area contributed by atoms with Crippen molar-refractivity contribution in [3.8, 4) is 0 Å². The Morgan fingerprint density at radius 1 is 1.27 bits per heavy atom. The lowest BCUT2D eigenvalue weighted by Crippen LogP contribution is -2.50. The standard InChI is InChI=1S/C10H22N2O2S/c1-8(11-14-7)10(5,6)12-15(13)9(2,3)4/h12H,1-7H3. The van der Waals surface area contributed by atoms with Crippen LogP contribution >= 0.6 is 0 Å². The maximum absolute atomic E-state index is 11.9. The number of hydrogen-bond donors (Lipinski definition) is 1. The van der Waals surface area contributed by atoms with Crippen molar-refractivity contribution in [3.63, 3.8) is 0 Å². The Bertz CT molecular complexity index is 267. The molecule has 5 heteroatoms. The van der Waals surface area contributed by atoms with Crippen LogP contribution in [0.2, 0.25) is 0 Å². The summed E-state index contributed by atoms with van der Waals surface area (Å²) in [6.07, 6.45) is 0. The van der Waals surface area contributed by atoms with Gasteiger partial charge < -0.3 is 4.84 Å². The van der Waals surface area contributed by atoms with Gasteiger partial charge in [-0.3, -0.25) is 0 Å². The average molecular weight is 234 g/mol. The molecule has 0 radical (unpaired) electrons. The van der Waals surface area contributed by atoms with Crippen molar-refractivity contribution in [2.45, 2.75) is 51.8 Å². The van der Waals surface area contributed by atoms with Crippen molar-refractivity contribution in [1.29, 1.82) is 0 Å². The van der Waals surface area contributed by atoms with E-state index in [2.05, 4.69) is 9.88 Å². The summed E-state index contributed by atoms with van der Waals surface area (Å²) in [5.74, 6) is 0. The largest absolute Gasteiger partial charge is 0.399 e. The van der Waals surface area contributed by atoms with E-state index in [1.807, 2.05) is 41.5 Å². The van der Waals surface area contributed by atoms with E-state index in [1.54, 1.807) is 0 Å². The molecule has 1 N–H and O–H groups in total. The van der Waals surface area contributed by atoms with E-state index >= 15 is 0 Å². The summed E-state index contributed by atoms with van der Waals surface area (Å²) in [6, 6.07) is 0. The molecule has 0 heterocycles. The molecule has 0 aliphatic rings. The van der Waals surface area contributed by atoms with Crippen LogP contribution in [0, 0.1) is 0 Å². The third-order valence-electron chi connectivity index (χ3n) is 2.04. The molecular weight excluding hydrogens is 212 g/mol. The topological polar surface area (TPSA) is 50.7 Å². The molecule has 0 rings (SSSR count). The molecule has 0 aromatic carbocycles. The van der Waals surface area contributed by atoms with Gasteiger partial charge in [0.25, 0.3) is 0 Å². The average Bonchev–Trinajstić information content (AvgIpc) is 2.02. The third-order valence-corrected chi connectivity index (χ3v) is 3.84. The lowest BCUT2D eigenvalue weighted by Gasteiger charge is -2.29. The summed E-state index contributed by atoms with van der Waals surface area (Å²) in [7, 11) is 0.383. The molecule has 0 fully saturated rings. The first-order valence-electron chi connectivity index (χ1n) is 4.89. The predicted molar refractivity (Wildman–Crippen MR) is 65.2 cm³/mol. The van der Waals surface area contributed by atoms with Gasteiger partial charge in [-0.15, -0.1) is 0 Å². The summed E-state index contributed by atoms with van der Waals surface area (Å²) in [5.41, 5.74) is 0.330. The smallest absolute Gasteiger partial charge is 0.106 e. The van der Waals surface area contributed by atoms with Gasteiger partial charge in [0.15, 0.2) is 0 Å². The fraction of sp³-hybridized carbons (Fsp3) is 0.900. The van der Waals surface area contributed by atoms with Crippen molar-refractivity contribution in [2.24, 2.45) is 5.16 Å². The number of hydrogen-bond acceptors (Lipinski definition) is 3. The molecule has 0 bridgehead atoms. The van der Waals surface area contributed by atoms with Crippen LogP contribution in [0.25, 0.3) is 0 Å². The zero-order valence-electron chi connectivity index (χ0n) is 10.7. The minimum Gasteiger partial charge on any atom is -0.399 e. The van der Waals surface area contributed by atoms with Crippen LogP contribution in [0.1, 0.15) is 41.5 Å². The van der Waals surface area contributed by atoms with Crippen LogP contribution in [0.4, 0.5) is 0 Å². The maximum Gasteiger partial charge on any atom is 0.106 e. The van der Waals surface area contributed by atoms with Gasteiger partial charge in [0.05, 0.1) is 27.0 Å². The molecule has 0 spiro atoms. The zero-order chi connectivity index (χ0) is 12.3. The second-order valence-electron chi connectivity index (χ2n) is 4.97. The second-order valence-corrected chi connectivity index (χ2v) is 6.93. The molecule has 1 atom stereocenters. The lowest BCUT2D eigenvalue weighted by atomic mass is 10.0. The first-order chi connectivity index (χ1) is 6.61. The molecule has 0 saturated carbocycles. The van der Waals surface area contributed by atoms with E-state index < -0.39 is 16.5 Å². The highest BCUT2D eigenvalue weighted by atomic mass is 32.2. The Morgan fingerprint density at radius 2 is 1.73 bits per heavy atom. The van der Waals surface area contributed by atoms with Gasteiger partial charge in [0.2, 0.25) is 0 Å². The quantitative estimate of drug-likeness (QED) is 0.596. The van der Waals surface area contributed by atoms with Crippen LogP contribution in [0.15, 0.2) is 5.16 Å². The molecule has 0 aliphatic carbocycles. The molecule has 4 nitrogen and oxygen atoms in total. The fourth-order valence-electron chi connectivity index (χ4n) is 0.710. The lowest BCUT2D eigenvalue weighted by molar-refractivity contribution is 0.210. The van der Waals surface area contributed by atoms with Crippen molar-refractivity contribution in [1.82, 2.24) is 4.72 Å². The normalized spacial score (nSPS) is 16.3. The zero-order valence-corrected chi connectivity index (χ0v) is 11.5. The van der Waals surface area contributed by atoms with E-state index in [0.29, 0.717) is 0 Å². The minimum atomic E-state index is -1.12. The Kier molecular flexibility index (Phi) is 4.93. The Labute approximate surface area is 95.0 Å². The van der Waals surface area contributed by atoms with Gasteiger partial charge in [-0.2, -0.15) is 0 Å². The fourth-order valence-corrected chi connectivity index (χ4v) is 1.63. The number of rotatable bonds is 4. The SMILES string of the molecule is CON=C(C)C(C)(C)NS(=O)C(C)(C)C. The van der Waals surface area contributed by atoms with Gasteiger partial charge in [0, 0.05) is 0 Å². The van der Waals surface area contributed by atoms with Crippen LogP contribution < -0.4 is 4.72 Å². The Morgan fingerprint density at radius 3 is 2.07 bits per heavy atom. The van der Waals surface area contributed by atoms with Gasteiger partial charge in [-0.05, 0) is 41.5 Å². The van der Waals surface area contributed by atoms with Crippen molar-refractivity contribution >= 4 is 16.7 Å². The van der Waals surface area contributed by atoms with Gasteiger partial charge in [-0.1, -0.05) is 5.16 Å². The van der Waals surface area contributed by atoms with E-state index in [0.717, 1.165) is 5.71 Å². The van der Waals surface area contributed by atoms with E-state index in [1.165, 1.54) is 7.11 Å². The van der Waals surface area contributed by atoms with Gasteiger partial charge >= 0.3 is 0 Å². The first kappa shape index (κ1) is 14.6. The molecule has 0 aliphatic heterocycles. The van der Waals surface area contributed by atoms with E-state index in [4.69, 9.17) is 4.84 Å². The summed E-state index contributed by atoms with van der Waals surface area (Å²) in [4.78, 5) is 4.71. The number of nitrogens with zero attached hydrogens (tertiary/aromatic N) is 1. The summed E-state index contributed by atoms with van der Waals surface area (Å²) < 4.78 is 14.6. The second kappa shape index (κ2) is 5.07. The Balaban J connectivity index is 4.66. The molecule has 0 aromatic heterocycles. The molecule has 0 amide bonds. The maximum atomic E-state index is 11.9. The van der Waals surface area contributed by atoms with Crippen LogP contribution in [-0.2, 0) is 15.8 Å². The molecular formula is C10H22N2O2S. The highest BCUT2D eigenvalue weighted by Gasteiger charge is 2.29. The summed E-state index contributed by atoms with van der Waals surface area (Å²) in [5, 5.41) is 3.85. The van der Waals surface area contributed by atoms with Crippen molar-refractivity contribution < 1.29 is 9.05 Å². The number of nitrogens with one attached hydrogen (secondary N) is 1. The highest BCUT2D eigenvalue weighted by Crippen LogP contribution is 2.14. The molecule has 1 unspecified atom stereocenters.